The van der Waals surface area contributed by atoms with Gasteiger partial charge in [-0.25, -0.2) is 0 Å². The number of hydrogen-bond donors (Lipinski definition) is 1. The van der Waals surface area contributed by atoms with Gasteiger partial charge in [0.2, 0.25) is 0 Å². The average molecular weight is 396 g/mol. The Morgan fingerprint density at radius 2 is 1.48 bits per heavy atom. The van der Waals surface area contributed by atoms with Crippen LogP contribution < -0.4 is 5.32 Å². The van der Waals surface area contributed by atoms with E-state index in [0.29, 0.717) is 0 Å². The molecule has 2 rings (SSSR count). The van der Waals surface area contributed by atoms with E-state index < -0.39 is 38.6 Å². The van der Waals surface area contributed by atoms with Gasteiger partial charge in [0.15, 0.2) is 5.69 Å². The second-order valence-electron chi connectivity index (χ2n) is 4.65. The van der Waals surface area contributed by atoms with Crippen LogP contribution in [0.25, 0.3) is 0 Å². The molecule has 2 aromatic carbocycles. The van der Waals surface area contributed by atoms with Gasteiger partial charge < -0.3 is 5.32 Å². The summed E-state index contributed by atoms with van der Waals surface area (Å²) in [5, 5.41) is 24.8. The van der Waals surface area contributed by atoms with Gasteiger partial charge in [-0.05, 0) is 18.2 Å². The average Bonchev–Trinajstić information content (AvgIpc) is 2.48. The van der Waals surface area contributed by atoms with Crippen LogP contribution in [0, 0.1) is 20.2 Å². The van der Waals surface area contributed by atoms with E-state index in [1.807, 2.05) is 0 Å². The third kappa shape index (κ3) is 4.09. The third-order valence-corrected chi connectivity index (χ3v) is 3.56. The Hall–Kier alpha value is -2.59. The Balaban J connectivity index is 2.70. The zero-order valence-corrected chi connectivity index (χ0v) is 13.3. The van der Waals surface area contributed by atoms with Crippen LogP contribution in [-0.2, 0) is 6.18 Å². The van der Waals surface area contributed by atoms with Gasteiger partial charge in [0.25, 0.3) is 11.4 Å². The van der Waals surface area contributed by atoms with E-state index >= 15 is 0 Å². The van der Waals surface area contributed by atoms with Gasteiger partial charge >= 0.3 is 6.18 Å². The maximum atomic E-state index is 12.8. The first kappa shape index (κ1) is 18.7. The van der Waals surface area contributed by atoms with Crippen LogP contribution >= 0.6 is 23.2 Å². The molecule has 25 heavy (non-hydrogen) atoms. The lowest BCUT2D eigenvalue weighted by Crippen LogP contribution is -2.09. The monoisotopic (exact) mass is 395 g/mol. The van der Waals surface area contributed by atoms with Crippen LogP contribution in [-0.4, -0.2) is 9.85 Å². The number of nitrogens with one attached hydrogen (secondary N) is 1. The van der Waals surface area contributed by atoms with E-state index in [9.17, 15) is 33.4 Å². The Kier molecular flexibility index (Phi) is 5.04. The standard InChI is InChI=1S/C13H6Cl2F3N3O4/c14-7-1-2-9(8(15)5-7)19-12-10(20(22)23)3-6(13(16,17)18)4-11(12)21(24)25/h1-5,19H. The molecular formula is C13H6Cl2F3N3O4. The largest absolute Gasteiger partial charge is 0.416 e. The van der Waals surface area contributed by atoms with Crippen molar-refractivity contribution < 1.29 is 23.0 Å². The topological polar surface area (TPSA) is 98.3 Å². The van der Waals surface area contributed by atoms with Crippen molar-refractivity contribution in [1.82, 2.24) is 0 Å². The molecule has 0 saturated heterocycles. The van der Waals surface area contributed by atoms with Crippen molar-refractivity contribution in [3.8, 4) is 0 Å². The Morgan fingerprint density at radius 1 is 0.960 bits per heavy atom. The SMILES string of the molecule is O=[N+]([O-])c1cc(C(F)(F)F)cc([N+](=O)[O-])c1Nc1ccc(Cl)cc1Cl. The third-order valence-electron chi connectivity index (χ3n) is 3.01. The van der Waals surface area contributed by atoms with Gasteiger partial charge in [-0.1, -0.05) is 23.2 Å². The van der Waals surface area contributed by atoms with Crippen molar-refractivity contribution in [3.05, 3.63) is 66.2 Å². The molecule has 0 bridgehead atoms. The van der Waals surface area contributed by atoms with E-state index in [4.69, 9.17) is 23.2 Å². The van der Waals surface area contributed by atoms with Crippen LogP contribution in [0.3, 0.4) is 0 Å². The van der Waals surface area contributed by atoms with Crippen LogP contribution in [0.15, 0.2) is 30.3 Å². The smallest absolute Gasteiger partial charge is 0.343 e. The highest BCUT2D eigenvalue weighted by atomic mass is 35.5. The van der Waals surface area contributed by atoms with Gasteiger partial charge in [-0.2, -0.15) is 13.2 Å². The quantitative estimate of drug-likeness (QED) is 0.538. The summed E-state index contributed by atoms with van der Waals surface area (Å²) >= 11 is 11.6. The zero-order valence-electron chi connectivity index (χ0n) is 11.8. The Morgan fingerprint density at radius 3 is 1.88 bits per heavy atom. The molecule has 0 amide bonds. The fourth-order valence-corrected chi connectivity index (χ4v) is 2.37. The summed E-state index contributed by atoms with van der Waals surface area (Å²) in [7, 11) is 0. The van der Waals surface area contributed by atoms with Crippen LogP contribution in [0.4, 0.5) is 35.9 Å². The van der Waals surface area contributed by atoms with E-state index in [2.05, 4.69) is 5.32 Å². The fourth-order valence-electron chi connectivity index (χ4n) is 1.92. The molecule has 0 saturated carbocycles. The molecule has 7 nitrogen and oxygen atoms in total. The molecule has 0 radical (unpaired) electrons. The number of nitrogens with zero attached hydrogens (tertiary/aromatic N) is 2. The minimum Gasteiger partial charge on any atom is -0.343 e. The van der Waals surface area contributed by atoms with Gasteiger partial charge in [0.1, 0.15) is 0 Å². The molecule has 0 unspecified atom stereocenters. The fraction of sp³-hybridized carbons (Fsp3) is 0.0769. The van der Waals surface area contributed by atoms with Crippen LogP contribution in [0.5, 0.6) is 0 Å². The number of rotatable bonds is 4. The van der Waals surface area contributed by atoms with Gasteiger partial charge in [0.05, 0.1) is 26.1 Å². The molecule has 2 aromatic rings. The number of benzene rings is 2. The Labute approximate surface area is 147 Å². The minimum atomic E-state index is -4.99. The first-order chi connectivity index (χ1) is 11.5. The summed E-state index contributed by atoms with van der Waals surface area (Å²) in [6, 6.07) is 4.29. The maximum absolute atomic E-state index is 12.8. The molecule has 0 atom stereocenters. The van der Waals surface area contributed by atoms with Crippen molar-refractivity contribution in [2.45, 2.75) is 6.18 Å². The molecule has 0 heterocycles. The van der Waals surface area contributed by atoms with E-state index in [1.54, 1.807) is 0 Å². The van der Waals surface area contributed by atoms with E-state index in [1.165, 1.54) is 18.2 Å². The van der Waals surface area contributed by atoms with Crippen molar-refractivity contribution in [3.63, 3.8) is 0 Å². The lowest BCUT2D eigenvalue weighted by atomic mass is 10.1. The molecule has 0 spiro atoms. The van der Waals surface area contributed by atoms with Crippen molar-refractivity contribution >= 4 is 46.0 Å². The molecule has 0 aliphatic carbocycles. The number of hydrogen-bond acceptors (Lipinski definition) is 5. The van der Waals surface area contributed by atoms with Gasteiger partial charge in [-0.15, -0.1) is 0 Å². The molecule has 12 heteroatoms. The van der Waals surface area contributed by atoms with Crippen LogP contribution in [0.1, 0.15) is 5.56 Å². The van der Waals surface area contributed by atoms with E-state index in [-0.39, 0.29) is 27.9 Å². The van der Waals surface area contributed by atoms with Crippen LogP contribution in [0.2, 0.25) is 10.0 Å². The zero-order chi connectivity index (χ0) is 18.9. The summed E-state index contributed by atoms with van der Waals surface area (Å²) in [4.78, 5) is 19.9. The number of anilines is 2. The number of alkyl halides is 3. The van der Waals surface area contributed by atoms with Gasteiger partial charge in [-0.3, -0.25) is 20.2 Å². The molecule has 0 aromatic heterocycles. The van der Waals surface area contributed by atoms with Gasteiger partial charge in [0, 0.05) is 17.2 Å². The van der Waals surface area contributed by atoms with E-state index in [0.717, 1.165) is 0 Å². The minimum absolute atomic E-state index is 0.00275. The summed E-state index contributed by atoms with van der Waals surface area (Å²) < 4.78 is 38.5. The number of nitro groups is 2. The summed E-state index contributed by atoms with van der Waals surface area (Å²) in [6.07, 6.45) is -4.99. The second-order valence-corrected chi connectivity index (χ2v) is 5.49. The summed E-state index contributed by atoms with van der Waals surface area (Å²) in [5.74, 6) is 0. The number of halogens is 5. The predicted molar refractivity (Wildman–Crippen MR) is 84.5 cm³/mol. The predicted octanol–water partition coefficient (Wildman–Crippen LogP) is 5.57. The lowest BCUT2D eigenvalue weighted by Gasteiger charge is -2.12. The van der Waals surface area contributed by atoms with Crippen molar-refractivity contribution in [2.24, 2.45) is 0 Å². The summed E-state index contributed by atoms with van der Waals surface area (Å²) in [5.41, 5.74) is -4.48. The molecular weight excluding hydrogens is 390 g/mol. The molecule has 0 aliphatic rings. The molecule has 0 aliphatic heterocycles. The molecule has 1 N–H and O–H groups in total. The lowest BCUT2D eigenvalue weighted by molar-refractivity contribution is -0.392. The normalized spacial score (nSPS) is 11.2. The van der Waals surface area contributed by atoms with Crippen molar-refractivity contribution in [2.75, 3.05) is 5.32 Å². The molecule has 0 fully saturated rings. The Bertz CT molecular complexity index is 839. The second kappa shape index (κ2) is 6.73. The van der Waals surface area contributed by atoms with Crippen molar-refractivity contribution in [1.29, 1.82) is 0 Å². The first-order valence-electron chi connectivity index (χ1n) is 6.27. The molecule has 132 valence electrons. The maximum Gasteiger partial charge on any atom is 0.416 e. The highest BCUT2D eigenvalue weighted by Crippen LogP contribution is 2.43. The number of nitro benzene ring substituents is 2. The highest BCUT2D eigenvalue weighted by molar-refractivity contribution is 6.36. The highest BCUT2D eigenvalue weighted by Gasteiger charge is 2.37. The first-order valence-corrected chi connectivity index (χ1v) is 7.02. The summed E-state index contributed by atoms with van der Waals surface area (Å²) in [6.45, 7) is 0.